The summed E-state index contributed by atoms with van der Waals surface area (Å²) in [6.45, 7) is 0.874. The number of primary amides is 1. The van der Waals surface area contributed by atoms with Gasteiger partial charge in [-0.05, 0) is 42.6 Å². The van der Waals surface area contributed by atoms with Crippen molar-refractivity contribution in [1.82, 2.24) is 4.90 Å². The van der Waals surface area contributed by atoms with Crippen LogP contribution in [0, 0.1) is 0 Å². The maximum atomic E-state index is 12.1. The highest BCUT2D eigenvalue weighted by Crippen LogP contribution is 2.38. The highest BCUT2D eigenvalue weighted by molar-refractivity contribution is 5.81. The van der Waals surface area contributed by atoms with Crippen molar-refractivity contribution in [1.29, 1.82) is 0 Å². The first-order valence-corrected chi connectivity index (χ1v) is 7.94. The van der Waals surface area contributed by atoms with Crippen molar-refractivity contribution in [2.75, 3.05) is 13.7 Å². The van der Waals surface area contributed by atoms with E-state index in [9.17, 15) is 4.79 Å². The van der Waals surface area contributed by atoms with E-state index in [-0.39, 0.29) is 18.0 Å². The van der Waals surface area contributed by atoms with Gasteiger partial charge in [-0.3, -0.25) is 9.69 Å². The number of carbonyl (C=O) groups excluding carboxylic acids is 1. The summed E-state index contributed by atoms with van der Waals surface area (Å²) in [5.41, 5.74) is 7.89. The highest BCUT2D eigenvalue weighted by atomic mass is 16.5. The molecule has 1 amide bonds. The normalized spacial score (nSPS) is 19.4. The lowest BCUT2D eigenvalue weighted by molar-refractivity contribution is -0.123. The fourth-order valence-corrected chi connectivity index (χ4v) is 3.44. The Morgan fingerprint density at radius 2 is 1.87 bits per heavy atom. The molecular formula is C19H22N2O2. The van der Waals surface area contributed by atoms with E-state index in [1.54, 1.807) is 7.11 Å². The average molecular weight is 310 g/mol. The second-order valence-corrected chi connectivity index (χ2v) is 5.88. The molecule has 2 aromatic carbocycles. The van der Waals surface area contributed by atoms with Gasteiger partial charge in [0.05, 0.1) is 7.11 Å². The van der Waals surface area contributed by atoms with Crippen LogP contribution in [0.4, 0.5) is 0 Å². The van der Waals surface area contributed by atoms with Crippen molar-refractivity contribution < 1.29 is 9.53 Å². The fourth-order valence-electron chi connectivity index (χ4n) is 3.44. The van der Waals surface area contributed by atoms with Gasteiger partial charge in [0.2, 0.25) is 5.91 Å². The summed E-state index contributed by atoms with van der Waals surface area (Å²) in [5, 5.41) is 0. The zero-order chi connectivity index (χ0) is 16.2. The molecule has 2 aromatic rings. The molecule has 23 heavy (non-hydrogen) atoms. The number of ether oxygens (including phenoxy) is 1. The van der Waals surface area contributed by atoms with Crippen LogP contribution >= 0.6 is 0 Å². The van der Waals surface area contributed by atoms with Gasteiger partial charge in [-0.2, -0.15) is 0 Å². The number of likely N-dealkylation sites (tertiary alicyclic amines) is 1. The lowest BCUT2D eigenvalue weighted by Crippen LogP contribution is -2.37. The van der Waals surface area contributed by atoms with Crippen molar-refractivity contribution >= 4 is 5.91 Å². The Kier molecular flexibility index (Phi) is 4.63. The zero-order valence-corrected chi connectivity index (χ0v) is 13.3. The maximum absolute atomic E-state index is 12.1. The topological polar surface area (TPSA) is 55.6 Å². The summed E-state index contributed by atoms with van der Waals surface area (Å²) >= 11 is 0. The number of benzene rings is 2. The molecule has 1 heterocycles. The molecule has 2 N–H and O–H groups in total. The van der Waals surface area contributed by atoms with E-state index in [1.165, 1.54) is 5.56 Å². The molecule has 0 spiro atoms. The summed E-state index contributed by atoms with van der Waals surface area (Å²) in [5.74, 6) is 0.546. The number of nitrogens with two attached hydrogens (primary N) is 1. The highest BCUT2D eigenvalue weighted by Gasteiger charge is 2.35. The van der Waals surface area contributed by atoms with Gasteiger partial charge in [0.25, 0.3) is 0 Å². The van der Waals surface area contributed by atoms with Crippen LogP contribution in [0.15, 0.2) is 54.6 Å². The molecular weight excluding hydrogens is 288 g/mol. The van der Waals surface area contributed by atoms with Crippen molar-refractivity contribution in [2.45, 2.75) is 24.9 Å². The van der Waals surface area contributed by atoms with Crippen molar-refractivity contribution in [2.24, 2.45) is 5.73 Å². The lowest BCUT2D eigenvalue weighted by atomic mass is 9.99. The minimum Gasteiger partial charge on any atom is -0.497 e. The predicted octanol–water partition coefficient (Wildman–Crippen LogP) is 3.06. The Bertz CT molecular complexity index is 655. The third-order valence-corrected chi connectivity index (χ3v) is 4.51. The van der Waals surface area contributed by atoms with Gasteiger partial charge in [-0.25, -0.2) is 0 Å². The molecule has 1 saturated heterocycles. The Hall–Kier alpha value is -2.33. The fraction of sp³-hybridized carbons (Fsp3) is 0.316. The smallest absolute Gasteiger partial charge is 0.239 e. The number of methoxy groups -OCH3 is 1. The number of hydrogen-bond acceptors (Lipinski definition) is 3. The molecule has 0 bridgehead atoms. The number of nitrogens with zero attached hydrogens (tertiary/aromatic N) is 1. The second kappa shape index (κ2) is 6.84. The molecule has 1 aliphatic rings. The summed E-state index contributed by atoms with van der Waals surface area (Å²) in [4.78, 5) is 14.3. The number of amides is 1. The SMILES string of the molecule is COc1ccc(C2CCCN2C(C(N)=O)c2ccccc2)cc1. The molecule has 4 nitrogen and oxygen atoms in total. The maximum Gasteiger partial charge on any atom is 0.239 e. The third-order valence-electron chi connectivity index (χ3n) is 4.51. The van der Waals surface area contributed by atoms with Gasteiger partial charge < -0.3 is 10.5 Å². The summed E-state index contributed by atoms with van der Waals surface area (Å²) in [6, 6.07) is 17.7. The van der Waals surface area contributed by atoms with Crippen LogP contribution in [0.5, 0.6) is 5.75 Å². The van der Waals surface area contributed by atoms with Gasteiger partial charge in [0.15, 0.2) is 0 Å². The molecule has 1 fully saturated rings. The van der Waals surface area contributed by atoms with Gasteiger partial charge in [-0.1, -0.05) is 42.5 Å². The molecule has 1 aliphatic heterocycles. The van der Waals surface area contributed by atoms with Crippen LogP contribution < -0.4 is 10.5 Å². The minimum absolute atomic E-state index is 0.207. The molecule has 4 heteroatoms. The average Bonchev–Trinajstić information content (AvgIpc) is 3.05. The van der Waals surface area contributed by atoms with Crippen LogP contribution in [-0.4, -0.2) is 24.5 Å². The van der Waals surface area contributed by atoms with Gasteiger partial charge in [-0.15, -0.1) is 0 Å². The van der Waals surface area contributed by atoms with Crippen molar-refractivity contribution in [3.8, 4) is 5.75 Å². The Morgan fingerprint density at radius 3 is 2.48 bits per heavy atom. The van der Waals surface area contributed by atoms with Crippen LogP contribution in [0.1, 0.15) is 36.1 Å². The van der Waals surface area contributed by atoms with E-state index in [0.717, 1.165) is 30.7 Å². The van der Waals surface area contributed by atoms with Crippen molar-refractivity contribution in [3.05, 3.63) is 65.7 Å². The van der Waals surface area contributed by atoms with E-state index in [1.807, 2.05) is 42.5 Å². The number of carbonyl (C=O) groups is 1. The molecule has 3 rings (SSSR count). The molecule has 2 unspecified atom stereocenters. The summed E-state index contributed by atoms with van der Waals surface area (Å²) in [6.07, 6.45) is 2.09. The van der Waals surface area contributed by atoms with Crippen LogP contribution in [0.25, 0.3) is 0 Å². The molecule has 0 saturated carbocycles. The van der Waals surface area contributed by atoms with E-state index in [0.29, 0.717) is 0 Å². The second-order valence-electron chi connectivity index (χ2n) is 5.88. The van der Waals surface area contributed by atoms with E-state index in [2.05, 4.69) is 17.0 Å². The molecule has 0 aliphatic carbocycles. The first kappa shape index (κ1) is 15.6. The third kappa shape index (κ3) is 3.22. The van der Waals surface area contributed by atoms with Gasteiger partial charge in [0.1, 0.15) is 11.8 Å². The van der Waals surface area contributed by atoms with Crippen LogP contribution in [0.3, 0.4) is 0 Å². The van der Waals surface area contributed by atoms with E-state index < -0.39 is 0 Å². The quantitative estimate of drug-likeness (QED) is 0.923. The van der Waals surface area contributed by atoms with Gasteiger partial charge in [0, 0.05) is 6.04 Å². The van der Waals surface area contributed by atoms with Crippen LogP contribution in [0.2, 0.25) is 0 Å². The Morgan fingerprint density at radius 1 is 1.17 bits per heavy atom. The monoisotopic (exact) mass is 310 g/mol. The largest absolute Gasteiger partial charge is 0.497 e. The molecule has 2 atom stereocenters. The van der Waals surface area contributed by atoms with E-state index >= 15 is 0 Å². The first-order chi connectivity index (χ1) is 11.2. The molecule has 0 radical (unpaired) electrons. The zero-order valence-electron chi connectivity index (χ0n) is 13.3. The number of rotatable bonds is 5. The van der Waals surface area contributed by atoms with E-state index in [4.69, 9.17) is 10.5 Å². The van der Waals surface area contributed by atoms with Crippen LogP contribution in [-0.2, 0) is 4.79 Å². The summed E-state index contributed by atoms with van der Waals surface area (Å²) in [7, 11) is 1.66. The Labute approximate surface area is 136 Å². The molecule has 120 valence electrons. The predicted molar refractivity (Wildman–Crippen MR) is 90.1 cm³/mol. The Balaban J connectivity index is 1.90. The lowest BCUT2D eigenvalue weighted by Gasteiger charge is -2.31. The first-order valence-electron chi connectivity index (χ1n) is 7.94. The summed E-state index contributed by atoms with van der Waals surface area (Å²) < 4.78 is 5.23. The van der Waals surface area contributed by atoms with Crippen molar-refractivity contribution in [3.63, 3.8) is 0 Å². The standard InChI is InChI=1S/C19H22N2O2/c1-23-16-11-9-14(10-12-16)17-8-5-13-21(17)18(19(20)22)15-6-3-2-4-7-15/h2-4,6-7,9-12,17-18H,5,8,13H2,1H3,(H2,20,22). The number of hydrogen-bond donors (Lipinski definition) is 1. The molecule has 0 aromatic heterocycles. The van der Waals surface area contributed by atoms with Gasteiger partial charge >= 0.3 is 0 Å². The minimum atomic E-state index is -0.384.